The smallest absolute Gasteiger partial charge is 0.322 e. The third-order valence-corrected chi connectivity index (χ3v) is 5.32. The van der Waals surface area contributed by atoms with Crippen molar-refractivity contribution < 1.29 is 4.79 Å². The van der Waals surface area contributed by atoms with E-state index in [1.54, 1.807) is 4.90 Å². The molecule has 0 aliphatic rings. The minimum Gasteiger partial charge on any atom is -0.338 e. The lowest BCUT2D eigenvalue weighted by molar-refractivity contribution is 0.244. The van der Waals surface area contributed by atoms with Gasteiger partial charge in [-0.2, -0.15) is 0 Å². The number of thiol groups is 1. The number of carbonyl (C=O) groups excluding carboxylic acids is 1. The number of anilines is 1. The maximum Gasteiger partial charge on any atom is 0.322 e. The molecule has 0 atom stereocenters. The molecule has 0 saturated carbocycles. The largest absolute Gasteiger partial charge is 0.338 e. The number of aromatic nitrogens is 5. The van der Waals surface area contributed by atoms with E-state index in [1.807, 2.05) is 32.0 Å². The highest BCUT2D eigenvalue weighted by molar-refractivity contribution is 7.82. The van der Waals surface area contributed by atoms with Crippen LogP contribution in [0.3, 0.4) is 0 Å². The highest BCUT2D eigenvalue weighted by Gasteiger charge is 2.19. The molecule has 0 unspecified atom stereocenters. The minimum absolute atomic E-state index is 0.0461. The molecule has 2 heterocycles. The Hall–Kier alpha value is -2.20. The molecule has 0 spiro atoms. The number of hydrogen-bond donors (Lipinski definition) is 3. The van der Waals surface area contributed by atoms with E-state index in [0.29, 0.717) is 6.54 Å². The van der Waals surface area contributed by atoms with Gasteiger partial charge in [0.2, 0.25) is 0 Å². The Bertz CT molecular complexity index is 879. The number of benzene rings is 1. The summed E-state index contributed by atoms with van der Waals surface area (Å²) in [7, 11) is 0. The van der Waals surface area contributed by atoms with Crippen LogP contribution >= 0.6 is 24.0 Å². The topological polar surface area (TPSA) is 99.7 Å². The second-order valence-electron chi connectivity index (χ2n) is 6.50. The second-order valence-corrected chi connectivity index (χ2v) is 8.26. The van der Waals surface area contributed by atoms with E-state index in [2.05, 4.69) is 43.6 Å². The normalized spacial score (nSPS) is 11.3. The molecule has 2 aromatic heterocycles. The third kappa shape index (κ3) is 5.16. The number of rotatable bonds is 8. The number of nitrogens with zero attached hydrogens (tertiary/aromatic N) is 5. The maximum absolute atomic E-state index is 12.7. The van der Waals surface area contributed by atoms with Crippen molar-refractivity contribution in [1.82, 2.24) is 30.9 Å². The molecule has 0 bridgehead atoms. The molecule has 2 N–H and O–H groups in total. The van der Waals surface area contributed by atoms with Crippen molar-refractivity contribution in [2.24, 2.45) is 0 Å². The Kier molecular flexibility index (Phi) is 6.62. The van der Waals surface area contributed by atoms with Gasteiger partial charge in [-0.1, -0.05) is 6.42 Å². The number of aryl methyl sites for hydroxylation is 1. The van der Waals surface area contributed by atoms with Crippen molar-refractivity contribution in [2.75, 3.05) is 11.4 Å². The number of tetrazole rings is 1. The Morgan fingerprint density at radius 2 is 2.19 bits per heavy atom. The van der Waals surface area contributed by atoms with Gasteiger partial charge in [0.05, 0.1) is 10.2 Å². The monoisotopic (exact) mass is 405 g/mol. The van der Waals surface area contributed by atoms with Crippen molar-refractivity contribution in [3.63, 3.8) is 0 Å². The summed E-state index contributed by atoms with van der Waals surface area (Å²) in [5.74, 6) is 0.799. The van der Waals surface area contributed by atoms with Crippen molar-refractivity contribution in [3.8, 4) is 0 Å². The first-order valence-electron chi connectivity index (χ1n) is 8.94. The van der Waals surface area contributed by atoms with E-state index in [-0.39, 0.29) is 12.1 Å². The van der Waals surface area contributed by atoms with E-state index in [4.69, 9.17) is 0 Å². The number of thiazole rings is 1. The lowest BCUT2D eigenvalue weighted by atomic mass is 10.2. The summed E-state index contributed by atoms with van der Waals surface area (Å²) >= 11 is 5.82. The van der Waals surface area contributed by atoms with Gasteiger partial charge in [-0.15, -0.1) is 29.1 Å². The zero-order valence-corrected chi connectivity index (χ0v) is 17.1. The Morgan fingerprint density at radius 1 is 1.33 bits per heavy atom. The van der Waals surface area contributed by atoms with E-state index < -0.39 is 0 Å². The van der Waals surface area contributed by atoms with Crippen molar-refractivity contribution in [3.05, 3.63) is 24.0 Å². The molecule has 10 heteroatoms. The number of hydrogen-bond acceptors (Lipinski definition) is 7. The van der Waals surface area contributed by atoms with E-state index in [1.165, 1.54) is 11.3 Å². The summed E-state index contributed by atoms with van der Waals surface area (Å²) in [4.78, 5) is 18.8. The summed E-state index contributed by atoms with van der Waals surface area (Å²) < 4.78 is 1.75. The standard InChI is InChI=1S/C17H23N7OS2/c1-11(2)24(12-7-8-13-14(10-12)27-17(26)19-13)16(25)18-9-5-3-4-6-15-20-22-23-21-15/h7-8,10-11H,3-6,9H2,1-2H3,(H,18,25)(H,19,26)(H,20,21,22,23). The van der Waals surface area contributed by atoms with Crippen LogP contribution in [0.1, 0.15) is 38.9 Å². The van der Waals surface area contributed by atoms with Gasteiger partial charge in [0, 0.05) is 24.7 Å². The van der Waals surface area contributed by atoms with Gasteiger partial charge in [-0.05, 0) is 55.3 Å². The molecule has 8 nitrogen and oxygen atoms in total. The van der Waals surface area contributed by atoms with Crippen LogP contribution in [-0.4, -0.2) is 44.2 Å². The lowest BCUT2D eigenvalue weighted by Crippen LogP contribution is -2.44. The van der Waals surface area contributed by atoms with Crippen molar-refractivity contribution >= 4 is 45.9 Å². The predicted octanol–water partition coefficient (Wildman–Crippen LogP) is 3.44. The molecule has 0 aliphatic heterocycles. The zero-order valence-electron chi connectivity index (χ0n) is 15.3. The molecular formula is C17H23N7OS2. The predicted molar refractivity (Wildman–Crippen MR) is 110 cm³/mol. The molecule has 0 aliphatic carbocycles. The first-order valence-corrected chi connectivity index (χ1v) is 10.2. The van der Waals surface area contributed by atoms with E-state index in [0.717, 1.165) is 51.8 Å². The van der Waals surface area contributed by atoms with Gasteiger partial charge < -0.3 is 5.32 Å². The Morgan fingerprint density at radius 3 is 2.93 bits per heavy atom. The van der Waals surface area contributed by atoms with Crippen LogP contribution in [-0.2, 0) is 6.42 Å². The molecule has 27 heavy (non-hydrogen) atoms. The van der Waals surface area contributed by atoms with E-state index in [9.17, 15) is 4.79 Å². The van der Waals surface area contributed by atoms with Gasteiger partial charge in [0.15, 0.2) is 0 Å². The van der Waals surface area contributed by atoms with Crippen LogP contribution in [0.15, 0.2) is 22.5 Å². The lowest BCUT2D eigenvalue weighted by Gasteiger charge is -2.27. The number of urea groups is 1. The number of unbranched alkanes of at least 4 members (excludes halogenated alkanes) is 2. The molecule has 0 fully saturated rings. The molecule has 3 aromatic rings. The fraction of sp³-hybridized carbons (Fsp3) is 0.471. The molecule has 0 radical (unpaired) electrons. The molecular weight excluding hydrogens is 382 g/mol. The number of H-pyrrole nitrogens is 1. The summed E-state index contributed by atoms with van der Waals surface area (Å²) in [5, 5.41) is 16.7. The number of nitrogens with one attached hydrogen (secondary N) is 2. The van der Waals surface area contributed by atoms with Crippen LogP contribution < -0.4 is 10.2 Å². The van der Waals surface area contributed by atoms with Gasteiger partial charge in [0.1, 0.15) is 10.2 Å². The minimum atomic E-state index is -0.0839. The fourth-order valence-corrected chi connectivity index (χ4v) is 4.00. The number of carbonyl (C=O) groups is 1. The third-order valence-electron chi connectivity index (χ3n) is 4.13. The Labute approximate surface area is 167 Å². The fourth-order valence-electron chi connectivity index (χ4n) is 2.86. The van der Waals surface area contributed by atoms with Gasteiger partial charge in [-0.3, -0.25) is 4.90 Å². The van der Waals surface area contributed by atoms with Gasteiger partial charge >= 0.3 is 6.03 Å². The number of amides is 2. The Balaban J connectivity index is 1.51. The average molecular weight is 406 g/mol. The first-order chi connectivity index (χ1) is 13.0. The van der Waals surface area contributed by atoms with Gasteiger partial charge in [-0.25, -0.2) is 14.9 Å². The zero-order chi connectivity index (χ0) is 19.2. The highest BCUT2D eigenvalue weighted by Crippen LogP contribution is 2.29. The summed E-state index contributed by atoms with van der Waals surface area (Å²) in [6.45, 7) is 4.65. The molecule has 3 rings (SSSR count). The number of aromatic amines is 1. The molecule has 2 amide bonds. The van der Waals surface area contributed by atoms with E-state index >= 15 is 0 Å². The average Bonchev–Trinajstić information content (AvgIpc) is 3.25. The molecule has 1 aromatic carbocycles. The van der Waals surface area contributed by atoms with Crippen molar-refractivity contribution in [2.45, 2.75) is 49.9 Å². The number of fused-ring (bicyclic) bond motifs is 1. The molecule has 0 saturated heterocycles. The summed E-state index contributed by atoms with van der Waals surface area (Å²) in [5.41, 5.74) is 1.77. The van der Waals surface area contributed by atoms with Crippen LogP contribution in [0.5, 0.6) is 0 Å². The second kappa shape index (κ2) is 9.14. The van der Waals surface area contributed by atoms with Crippen LogP contribution in [0.2, 0.25) is 0 Å². The van der Waals surface area contributed by atoms with Crippen LogP contribution in [0, 0.1) is 0 Å². The first kappa shape index (κ1) is 19.6. The quantitative estimate of drug-likeness (QED) is 0.394. The molecule has 144 valence electrons. The summed E-state index contributed by atoms with van der Waals surface area (Å²) in [6, 6.07) is 5.82. The SMILES string of the molecule is CC(C)N(C(=O)NCCCCCc1nnn[nH]1)c1ccc2nc(S)sc2c1. The summed E-state index contributed by atoms with van der Waals surface area (Å²) in [6.07, 6.45) is 3.71. The highest BCUT2D eigenvalue weighted by atomic mass is 32.2. The van der Waals surface area contributed by atoms with Crippen molar-refractivity contribution in [1.29, 1.82) is 0 Å². The van der Waals surface area contributed by atoms with Gasteiger partial charge in [0.25, 0.3) is 0 Å². The van der Waals surface area contributed by atoms with Crippen LogP contribution in [0.25, 0.3) is 10.2 Å². The van der Waals surface area contributed by atoms with Crippen LogP contribution in [0.4, 0.5) is 10.5 Å². The maximum atomic E-state index is 12.7.